The van der Waals surface area contributed by atoms with Gasteiger partial charge >= 0.3 is 5.97 Å². The molecule has 0 bridgehead atoms. The fourth-order valence-corrected chi connectivity index (χ4v) is 2.76. The van der Waals surface area contributed by atoms with E-state index in [0.717, 1.165) is 44.2 Å². The van der Waals surface area contributed by atoms with E-state index in [9.17, 15) is 9.90 Å². The van der Waals surface area contributed by atoms with E-state index in [0.29, 0.717) is 0 Å². The fourth-order valence-electron chi connectivity index (χ4n) is 2.76. The lowest BCUT2D eigenvalue weighted by atomic mass is 9.96. The van der Waals surface area contributed by atoms with Crippen molar-refractivity contribution >= 4 is 11.7 Å². The van der Waals surface area contributed by atoms with Gasteiger partial charge in [0.25, 0.3) is 0 Å². The van der Waals surface area contributed by atoms with E-state index in [-0.39, 0.29) is 0 Å². The molecule has 3 nitrogen and oxygen atoms in total. The summed E-state index contributed by atoms with van der Waals surface area (Å²) >= 11 is 0. The Morgan fingerprint density at radius 3 is 2.61 bits per heavy atom. The van der Waals surface area contributed by atoms with Crippen molar-refractivity contribution in [3.8, 4) is 0 Å². The van der Waals surface area contributed by atoms with Gasteiger partial charge in [0.1, 0.15) is 5.54 Å². The summed E-state index contributed by atoms with van der Waals surface area (Å²) in [6.45, 7) is 2.14. The Labute approximate surface area is 108 Å². The van der Waals surface area contributed by atoms with E-state index < -0.39 is 11.5 Å². The van der Waals surface area contributed by atoms with Crippen LogP contribution in [-0.2, 0) is 11.2 Å². The lowest BCUT2D eigenvalue weighted by Crippen LogP contribution is -2.43. The molecule has 2 rings (SSSR count). The van der Waals surface area contributed by atoms with Gasteiger partial charge in [-0.2, -0.15) is 0 Å². The van der Waals surface area contributed by atoms with Gasteiger partial charge in [-0.1, -0.05) is 44.4 Å². The van der Waals surface area contributed by atoms with Crippen molar-refractivity contribution in [1.29, 1.82) is 0 Å². The molecule has 0 unspecified atom stereocenters. The van der Waals surface area contributed by atoms with Crippen LogP contribution in [0.3, 0.4) is 0 Å². The first-order chi connectivity index (χ1) is 8.68. The van der Waals surface area contributed by atoms with Crippen LogP contribution in [0.25, 0.3) is 0 Å². The van der Waals surface area contributed by atoms with Gasteiger partial charge in [-0.3, -0.25) is 0 Å². The van der Waals surface area contributed by atoms with E-state index in [1.54, 1.807) is 0 Å². The van der Waals surface area contributed by atoms with Crippen molar-refractivity contribution in [2.24, 2.45) is 0 Å². The highest BCUT2D eigenvalue weighted by molar-refractivity contribution is 5.83. The molecule has 3 heteroatoms. The smallest absolute Gasteiger partial charge is 0.329 e. The number of hydrogen-bond donors (Lipinski definition) is 2. The number of carbonyl (C=O) groups is 1. The number of anilines is 1. The summed E-state index contributed by atoms with van der Waals surface area (Å²) in [5.41, 5.74) is 1.46. The van der Waals surface area contributed by atoms with Crippen LogP contribution < -0.4 is 5.32 Å². The largest absolute Gasteiger partial charge is 0.480 e. The number of hydrogen-bond acceptors (Lipinski definition) is 2. The van der Waals surface area contributed by atoms with Gasteiger partial charge in [-0.05, 0) is 30.9 Å². The third kappa shape index (κ3) is 2.50. The van der Waals surface area contributed by atoms with Crippen molar-refractivity contribution in [1.82, 2.24) is 0 Å². The average molecular weight is 247 g/mol. The summed E-state index contributed by atoms with van der Waals surface area (Å²) in [7, 11) is 0. The number of nitrogens with one attached hydrogen (secondary N) is 1. The second-order valence-corrected chi connectivity index (χ2v) is 5.13. The normalized spacial score (nSPS) is 17.6. The predicted molar refractivity (Wildman–Crippen MR) is 72.9 cm³/mol. The van der Waals surface area contributed by atoms with E-state index >= 15 is 0 Å². The fraction of sp³-hybridized carbons (Fsp3) is 0.533. The van der Waals surface area contributed by atoms with Gasteiger partial charge in [-0.15, -0.1) is 0 Å². The molecule has 0 amide bonds. The summed E-state index contributed by atoms with van der Waals surface area (Å²) < 4.78 is 0. The Morgan fingerprint density at radius 2 is 2.00 bits per heavy atom. The maximum atomic E-state index is 11.5. The molecule has 0 saturated heterocycles. The van der Waals surface area contributed by atoms with Crippen LogP contribution >= 0.6 is 0 Å². The summed E-state index contributed by atoms with van der Waals surface area (Å²) in [5, 5.41) is 12.8. The maximum absolute atomic E-state index is 11.5. The molecule has 2 N–H and O–H groups in total. The number of benzene rings is 1. The minimum atomic E-state index is -0.746. The highest BCUT2D eigenvalue weighted by Gasteiger charge is 2.41. The zero-order chi connectivity index (χ0) is 13.0. The molecule has 0 radical (unpaired) electrons. The Kier molecular flexibility index (Phi) is 3.90. The minimum absolute atomic E-state index is 0.716. The topological polar surface area (TPSA) is 49.3 Å². The van der Waals surface area contributed by atoms with Gasteiger partial charge in [0, 0.05) is 5.69 Å². The van der Waals surface area contributed by atoms with Crippen LogP contribution in [0.5, 0.6) is 0 Å². The molecule has 1 aromatic carbocycles. The molecule has 1 aliphatic rings. The van der Waals surface area contributed by atoms with E-state index in [2.05, 4.69) is 18.3 Å². The van der Waals surface area contributed by atoms with Gasteiger partial charge in [0.2, 0.25) is 0 Å². The third-order valence-corrected chi connectivity index (χ3v) is 3.78. The van der Waals surface area contributed by atoms with Crippen molar-refractivity contribution < 1.29 is 9.90 Å². The van der Waals surface area contributed by atoms with Gasteiger partial charge in [0.05, 0.1) is 0 Å². The number of carboxylic acids is 1. The molecule has 1 saturated carbocycles. The first-order valence-corrected chi connectivity index (χ1v) is 6.77. The molecule has 1 aromatic rings. The van der Waals surface area contributed by atoms with Crippen LogP contribution in [0.4, 0.5) is 5.69 Å². The summed E-state index contributed by atoms with van der Waals surface area (Å²) in [5.74, 6) is -0.716. The molecule has 1 fully saturated rings. The SMILES string of the molecule is CCCc1ccccc1NC1(C(=O)O)CCCC1. The second-order valence-electron chi connectivity index (χ2n) is 5.13. The first kappa shape index (κ1) is 12.9. The monoisotopic (exact) mass is 247 g/mol. The number of aliphatic carboxylic acids is 1. The molecule has 0 heterocycles. The Balaban J connectivity index is 2.24. The molecule has 0 atom stereocenters. The zero-order valence-electron chi connectivity index (χ0n) is 10.9. The molecule has 98 valence electrons. The van der Waals surface area contributed by atoms with Crippen molar-refractivity contribution in [3.05, 3.63) is 29.8 Å². The first-order valence-electron chi connectivity index (χ1n) is 6.77. The molecule has 0 spiro atoms. The molecule has 0 aliphatic heterocycles. The number of para-hydroxylation sites is 1. The molecule has 0 aromatic heterocycles. The van der Waals surface area contributed by atoms with Crippen LogP contribution in [0.1, 0.15) is 44.6 Å². The molecular formula is C15H21NO2. The van der Waals surface area contributed by atoms with Crippen LogP contribution in [-0.4, -0.2) is 16.6 Å². The standard InChI is InChI=1S/C15H21NO2/c1-2-7-12-8-3-4-9-13(12)16-15(14(17)18)10-5-6-11-15/h3-4,8-9,16H,2,5-7,10-11H2,1H3,(H,17,18). The predicted octanol–water partition coefficient (Wildman–Crippen LogP) is 3.45. The van der Waals surface area contributed by atoms with Crippen molar-refractivity contribution in [3.63, 3.8) is 0 Å². The van der Waals surface area contributed by atoms with E-state index in [4.69, 9.17) is 0 Å². The Bertz CT molecular complexity index is 422. The van der Waals surface area contributed by atoms with Gasteiger partial charge in [-0.25, -0.2) is 4.79 Å². The van der Waals surface area contributed by atoms with Crippen LogP contribution in [0, 0.1) is 0 Å². The zero-order valence-corrected chi connectivity index (χ0v) is 10.9. The van der Waals surface area contributed by atoms with Crippen LogP contribution in [0.2, 0.25) is 0 Å². The summed E-state index contributed by atoms with van der Waals surface area (Å²) in [6, 6.07) is 8.05. The molecule has 1 aliphatic carbocycles. The second kappa shape index (κ2) is 5.42. The molecular weight excluding hydrogens is 226 g/mol. The average Bonchev–Trinajstić information content (AvgIpc) is 2.82. The number of carboxylic acid groups (broad SMARTS) is 1. The van der Waals surface area contributed by atoms with Crippen molar-refractivity contribution in [2.45, 2.75) is 51.0 Å². The highest BCUT2D eigenvalue weighted by Crippen LogP contribution is 2.34. The minimum Gasteiger partial charge on any atom is -0.480 e. The lowest BCUT2D eigenvalue weighted by Gasteiger charge is -2.28. The Morgan fingerprint density at radius 1 is 1.33 bits per heavy atom. The lowest BCUT2D eigenvalue weighted by molar-refractivity contribution is -0.142. The van der Waals surface area contributed by atoms with Gasteiger partial charge in [0.15, 0.2) is 0 Å². The van der Waals surface area contributed by atoms with E-state index in [1.165, 1.54) is 5.56 Å². The third-order valence-electron chi connectivity index (χ3n) is 3.78. The Hall–Kier alpha value is -1.51. The highest BCUT2D eigenvalue weighted by atomic mass is 16.4. The summed E-state index contributed by atoms with van der Waals surface area (Å²) in [4.78, 5) is 11.5. The van der Waals surface area contributed by atoms with Crippen LogP contribution in [0.15, 0.2) is 24.3 Å². The molecule has 18 heavy (non-hydrogen) atoms. The van der Waals surface area contributed by atoms with E-state index in [1.807, 2.05) is 18.2 Å². The van der Waals surface area contributed by atoms with Crippen molar-refractivity contribution in [2.75, 3.05) is 5.32 Å². The number of aryl methyl sites for hydroxylation is 1. The quantitative estimate of drug-likeness (QED) is 0.837. The van der Waals surface area contributed by atoms with Gasteiger partial charge < -0.3 is 10.4 Å². The summed E-state index contributed by atoms with van der Waals surface area (Å²) in [6.07, 6.45) is 5.49. The number of rotatable bonds is 5. The maximum Gasteiger partial charge on any atom is 0.329 e.